The second-order valence-electron chi connectivity index (χ2n) is 4.22. The maximum atomic E-state index is 13.4. The molecule has 16 heavy (non-hydrogen) atoms. The van der Waals surface area contributed by atoms with Gasteiger partial charge in [-0.1, -0.05) is 11.6 Å². The summed E-state index contributed by atoms with van der Waals surface area (Å²) >= 11 is 8.96. The molecule has 0 radical (unpaired) electrons. The molecule has 5 heteroatoms. The highest BCUT2D eigenvalue weighted by molar-refractivity contribution is 9.10. The highest BCUT2D eigenvalue weighted by atomic mass is 79.9. The lowest BCUT2D eigenvalue weighted by Crippen LogP contribution is -2.24. The van der Waals surface area contributed by atoms with E-state index in [0.717, 1.165) is 6.07 Å². The summed E-state index contributed by atoms with van der Waals surface area (Å²) in [6, 6.07) is 2.60. The average molecular weight is 310 g/mol. The van der Waals surface area contributed by atoms with E-state index < -0.39 is 17.4 Å². The number of halogens is 3. The summed E-state index contributed by atoms with van der Waals surface area (Å²) in [4.78, 5) is 11.7. The molecule has 0 atom stereocenters. The summed E-state index contributed by atoms with van der Waals surface area (Å²) < 4.78 is 19.0. The zero-order valence-electron chi connectivity index (χ0n) is 9.11. The van der Waals surface area contributed by atoms with Gasteiger partial charge in [0.2, 0.25) is 0 Å². The number of esters is 1. The smallest absolute Gasteiger partial charge is 0.343 e. The summed E-state index contributed by atoms with van der Waals surface area (Å²) in [6.45, 7) is 5.11. The van der Waals surface area contributed by atoms with E-state index in [9.17, 15) is 9.18 Å². The molecular weight excluding hydrogens is 298 g/mol. The lowest BCUT2D eigenvalue weighted by molar-refractivity contribution is 0.00649. The van der Waals surface area contributed by atoms with Crippen LogP contribution in [0.1, 0.15) is 31.1 Å². The predicted octanol–water partition coefficient (Wildman–Crippen LogP) is 4.20. The first-order chi connectivity index (χ1) is 7.22. The molecule has 0 unspecified atom stereocenters. The maximum absolute atomic E-state index is 13.4. The van der Waals surface area contributed by atoms with Gasteiger partial charge in [-0.15, -0.1) is 0 Å². The molecule has 1 aromatic rings. The van der Waals surface area contributed by atoms with E-state index in [1.807, 2.05) is 0 Å². The second-order valence-corrected chi connectivity index (χ2v) is 5.45. The molecule has 0 fully saturated rings. The molecule has 0 aliphatic rings. The van der Waals surface area contributed by atoms with E-state index in [-0.39, 0.29) is 10.6 Å². The number of benzene rings is 1. The van der Waals surface area contributed by atoms with E-state index in [4.69, 9.17) is 16.3 Å². The van der Waals surface area contributed by atoms with Crippen molar-refractivity contribution in [2.75, 3.05) is 0 Å². The molecule has 1 aromatic carbocycles. The summed E-state index contributed by atoms with van der Waals surface area (Å²) in [7, 11) is 0. The van der Waals surface area contributed by atoms with Crippen molar-refractivity contribution in [2.45, 2.75) is 26.4 Å². The molecule has 0 saturated carbocycles. The van der Waals surface area contributed by atoms with Gasteiger partial charge in [0.15, 0.2) is 0 Å². The minimum atomic E-state index is -0.767. The van der Waals surface area contributed by atoms with Crippen LogP contribution in [0.3, 0.4) is 0 Å². The molecule has 1 rings (SSSR count). The third-order valence-electron chi connectivity index (χ3n) is 1.65. The van der Waals surface area contributed by atoms with Crippen LogP contribution in [0.5, 0.6) is 0 Å². The fourth-order valence-corrected chi connectivity index (χ4v) is 1.60. The first kappa shape index (κ1) is 13.5. The third kappa shape index (κ3) is 3.19. The quantitative estimate of drug-likeness (QED) is 0.574. The van der Waals surface area contributed by atoms with Crippen LogP contribution in [-0.4, -0.2) is 11.6 Å². The fraction of sp³-hybridized carbons (Fsp3) is 0.364. The summed E-state index contributed by atoms with van der Waals surface area (Å²) in [5.74, 6) is -1.46. The predicted molar refractivity (Wildman–Crippen MR) is 64.3 cm³/mol. The van der Waals surface area contributed by atoms with Crippen molar-refractivity contribution >= 4 is 33.5 Å². The van der Waals surface area contributed by atoms with E-state index in [0.29, 0.717) is 4.47 Å². The molecule has 0 aromatic heterocycles. The lowest BCUT2D eigenvalue weighted by atomic mass is 10.1. The van der Waals surface area contributed by atoms with Crippen LogP contribution < -0.4 is 0 Å². The van der Waals surface area contributed by atoms with Crippen LogP contribution >= 0.6 is 27.5 Å². The Morgan fingerprint density at radius 3 is 2.50 bits per heavy atom. The first-order valence-electron chi connectivity index (χ1n) is 4.59. The van der Waals surface area contributed by atoms with Crippen molar-refractivity contribution in [3.8, 4) is 0 Å². The van der Waals surface area contributed by atoms with Gasteiger partial charge in [-0.3, -0.25) is 0 Å². The van der Waals surface area contributed by atoms with Crippen molar-refractivity contribution in [3.05, 3.63) is 33.0 Å². The van der Waals surface area contributed by atoms with Crippen molar-refractivity contribution in [2.24, 2.45) is 0 Å². The van der Waals surface area contributed by atoms with E-state index in [1.54, 1.807) is 20.8 Å². The highest BCUT2D eigenvalue weighted by Crippen LogP contribution is 2.29. The highest BCUT2D eigenvalue weighted by Gasteiger charge is 2.24. The number of ether oxygens (including phenoxy) is 1. The lowest BCUT2D eigenvalue weighted by Gasteiger charge is -2.20. The van der Waals surface area contributed by atoms with Crippen molar-refractivity contribution in [3.63, 3.8) is 0 Å². The second kappa shape index (κ2) is 4.72. The Morgan fingerprint density at radius 1 is 1.44 bits per heavy atom. The number of carbonyl (C=O) groups is 1. The van der Waals surface area contributed by atoms with Crippen LogP contribution in [0.15, 0.2) is 16.6 Å². The molecule has 0 amide bonds. The molecule has 0 heterocycles. The standard InChI is InChI=1S/C11H11BrClFO2/c1-11(2,3)16-10(15)8-7(14)5-4-6(12)9(8)13/h4-5H,1-3H3. The van der Waals surface area contributed by atoms with Crippen LogP contribution in [0.2, 0.25) is 5.02 Å². The molecule has 0 aliphatic carbocycles. The SMILES string of the molecule is CC(C)(C)OC(=O)c1c(F)ccc(Br)c1Cl. The van der Waals surface area contributed by atoms with Gasteiger partial charge in [0.05, 0.1) is 5.02 Å². The normalized spacial score (nSPS) is 11.4. The molecule has 88 valence electrons. The van der Waals surface area contributed by atoms with Crippen LogP contribution in [0.25, 0.3) is 0 Å². The first-order valence-corrected chi connectivity index (χ1v) is 5.76. The van der Waals surface area contributed by atoms with E-state index in [1.165, 1.54) is 6.07 Å². The summed E-state index contributed by atoms with van der Waals surface area (Å²) in [5.41, 5.74) is -0.930. The Kier molecular flexibility index (Phi) is 3.97. The Labute approximate surface area is 107 Å². The van der Waals surface area contributed by atoms with Crippen molar-refractivity contribution in [1.29, 1.82) is 0 Å². The van der Waals surface area contributed by atoms with Crippen LogP contribution in [-0.2, 0) is 4.74 Å². The maximum Gasteiger partial charge on any atom is 0.343 e. The van der Waals surface area contributed by atoms with Crippen LogP contribution in [0.4, 0.5) is 4.39 Å². The average Bonchev–Trinajstić information content (AvgIpc) is 2.09. The molecule has 0 spiro atoms. The van der Waals surface area contributed by atoms with Crippen LogP contribution in [0, 0.1) is 5.82 Å². The molecule has 0 saturated heterocycles. The van der Waals surface area contributed by atoms with Gasteiger partial charge >= 0.3 is 5.97 Å². The Hall–Kier alpha value is -0.610. The zero-order chi connectivity index (χ0) is 12.5. The topological polar surface area (TPSA) is 26.3 Å². The van der Waals surface area contributed by atoms with Gasteiger partial charge in [-0.2, -0.15) is 0 Å². The molecular formula is C11H11BrClFO2. The van der Waals surface area contributed by atoms with Gasteiger partial charge in [0, 0.05) is 4.47 Å². The minimum Gasteiger partial charge on any atom is -0.456 e. The summed E-state index contributed by atoms with van der Waals surface area (Å²) in [5, 5.41) is 0.0225. The molecule has 0 bridgehead atoms. The largest absolute Gasteiger partial charge is 0.456 e. The van der Waals surface area contributed by atoms with Gasteiger partial charge in [0.1, 0.15) is 17.0 Å². The third-order valence-corrected chi connectivity index (χ3v) is 2.93. The van der Waals surface area contributed by atoms with E-state index >= 15 is 0 Å². The number of carbonyl (C=O) groups excluding carboxylic acids is 1. The molecule has 2 nitrogen and oxygen atoms in total. The van der Waals surface area contributed by atoms with Gasteiger partial charge in [0.25, 0.3) is 0 Å². The van der Waals surface area contributed by atoms with E-state index in [2.05, 4.69) is 15.9 Å². The number of rotatable bonds is 1. The minimum absolute atomic E-state index is 0.0225. The van der Waals surface area contributed by atoms with Gasteiger partial charge < -0.3 is 4.74 Å². The Morgan fingerprint density at radius 2 is 2.00 bits per heavy atom. The number of hydrogen-bond acceptors (Lipinski definition) is 2. The molecule has 0 aliphatic heterocycles. The summed E-state index contributed by atoms with van der Waals surface area (Å²) in [6.07, 6.45) is 0. The van der Waals surface area contributed by atoms with Crippen molar-refractivity contribution < 1.29 is 13.9 Å². The van der Waals surface area contributed by atoms with Gasteiger partial charge in [-0.25, -0.2) is 9.18 Å². The van der Waals surface area contributed by atoms with Gasteiger partial charge in [-0.05, 0) is 48.8 Å². The van der Waals surface area contributed by atoms with Crippen molar-refractivity contribution in [1.82, 2.24) is 0 Å². The monoisotopic (exact) mass is 308 g/mol. The zero-order valence-corrected chi connectivity index (χ0v) is 11.4. The molecule has 0 N–H and O–H groups in total. The number of hydrogen-bond donors (Lipinski definition) is 0. The Balaban J connectivity index is 3.14. The fourth-order valence-electron chi connectivity index (χ4n) is 1.04. The Bertz CT molecular complexity index is 427.